The van der Waals surface area contributed by atoms with E-state index in [1.807, 2.05) is 30.3 Å². The smallest absolute Gasteiger partial charge is 0.341 e. The number of benzene rings is 2. The maximum absolute atomic E-state index is 12.7. The number of carbonyl (C=O) groups is 3. The first-order chi connectivity index (χ1) is 15.3. The molecule has 0 fully saturated rings. The van der Waals surface area contributed by atoms with Crippen molar-refractivity contribution >= 4 is 44.1 Å². The summed E-state index contributed by atoms with van der Waals surface area (Å²) < 4.78 is 31.1. The number of fused-ring (bicyclic) bond motifs is 1. The second kappa shape index (κ2) is 8.56. The maximum Gasteiger partial charge on any atom is 0.341 e. The number of anilines is 1. The van der Waals surface area contributed by atoms with E-state index in [0.29, 0.717) is 9.87 Å². The number of ether oxygens (including phenoxy) is 1. The first-order valence-electron chi connectivity index (χ1n) is 9.64. The van der Waals surface area contributed by atoms with Gasteiger partial charge in [0.2, 0.25) is 5.91 Å². The summed E-state index contributed by atoms with van der Waals surface area (Å²) in [6, 6.07) is 14.9. The number of hydrogen-bond donors (Lipinski definition) is 1. The highest BCUT2D eigenvalue weighted by Crippen LogP contribution is 2.36. The Morgan fingerprint density at radius 2 is 1.72 bits per heavy atom. The van der Waals surface area contributed by atoms with Gasteiger partial charge in [-0.25, -0.2) is 17.5 Å². The van der Waals surface area contributed by atoms with Crippen molar-refractivity contribution in [1.29, 1.82) is 0 Å². The third-order valence-electron chi connectivity index (χ3n) is 4.81. The molecule has 1 aromatic heterocycles. The van der Waals surface area contributed by atoms with Gasteiger partial charge in [0.05, 0.1) is 12.2 Å². The highest BCUT2D eigenvalue weighted by Gasteiger charge is 2.42. The summed E-state index contributed by atoms with van der Waals surface area (Å²) in [4.78, 5) is 37.8. The van der Waals surface area contributed by atoms with Gasteiger partial charge in [0.1, 0.15) is 22.0 Å². The summed E-state index contributed by atoms with van der Waals surface area (Å²) in [6.07, 6.45) is 0. The molecule has 10 heteroatoms. The number of thiophene rings is 1. The maximum atomic E-state index is 12.7. The Bertz CT molecular complexity index is 1320. The lowest BCUT2D eigenvalue weighted by molar-refractivity contribution is -0.116. The van der Waals surface area contributed by atoms with Crippen LogP contribution in [0.3, 0.4) is 0 Å². The monoisotopic (exact) mass is 470 g/mol. The van der Waals surface area contributed by atoms with Crippen LogP contribution < -0.4 is 5.32 Å². The molecule has 0 saturated heterocycles. The van der Waals surface area contributed by atoms with Crippen molar-refractivity contribution in [2.45, 2.75) is 11.8 Å². The molecule has 0 saturated carbocycles. The van der Waals surface area contributed by atoms with Gasteiger partial charge < -0.3 is 10.1 Å². The molecule has 0 unspecified atom stereocenters. The molecular weight excluding hydrogens is 452 g/mol. The second-order valence-electron chi connectivity index (χ2n) is 6.80. The van der Waals surface area contributed by atoms with Crippen molar-refractivity contribution in [3.63, 3.8) is 0 Å². The predicted molar refractivity (Wildman–Crippen MR) is 119 cm³/mol. The summed E-state index contributed by atoms with van der Waals surface area (Å²) in [7, 11) is -4.12. The van der Waals surface area contributed by atoms with E-state index in [4.69, 9.17) is 4.74 Å². The Morgan fingerprint density at radius 1 is 1.03 bits per heavy atom. The molecular formula is C22H18N2O6S2. The topological polar surface area (TPSA) is 110 Å². The van der Waals surface area contributed by atoms with E-state index in [9.17, 15) is 22.8 Å². The van der Waals surface area contributed by atoms with E-state index in [1.165, 1.54) is 18.2 Å². The molecule has 0 radical (unpaired) electrons. The average Bonchev–Trinajstić information content (AvgIpc) is 3.28. The molecule has 4 rings (SSSR count). The Balaban J connectivity index is 1.61. The van der Waals surface area contributed by atoms with Crippen LogP contribution in [0.5, 0.6) is 0 Å². The van der Waals surface area contributed by atoms with E-state index >= 15 is 0 Å². The van der Waals surface area contributed by atoms with Crippen molar-refractivity contribution in [2.75, 3.05) is 18.5 Å². The lowest BCUT2D eigenvalue weighted by Crippen LogP contribution is -2.37. The van der Waals surface area contributed by atoms with Crippen molar-refractivity contribution < 1.29 is 27.5 Å². The first-order valence-corrected chi connectivity index (χ1v) is 12.0. The van der Waals surface area contributed by atoms with Crippen molar-refractivity contribution in [3.8, 4) is 11.1 Å². The molecule has 2 aromatic carbocycles. The Hall–Kier alpha value is -3.50. The van der Waals surface area contributed by atoms with Crippen LogP contribution in [0.4, 0.5) is 5.00 Å². The van der Waals surface area contributed by atoms with Crippen molar-refractivity contribution in [3.05, 3.63) is 71.1 Å². The van der Waals surface area contributed by atoms with Gasteiger partial charge in [0, 0.05) is 10.9 Å². The fourth-order valence-corrected chi connectivity index (χ4v) is 5.87. The minimum absolute atomic E-state index is 0.0231. The third-order valence-corrected chi connectivity index (χ3v) is 7.49. The van der Waals surface area contributed by atoms with Crippen molar-refractivity contribution in [1.82, 2.24) is 4.31 Å². The number of sulfonamides is 1. The molecule has 8 nitrogen and oxygen atoms in total. The molecule has 32 heavy (non-hydrogen) atoms. The number of nitrogens with one attached hydrogen (secondary N) is 1. The molecule has 0 aliphatic carbocycles. The van der Waals surface area contributed by atoms with Gasteiger partial charge in [0.25, 0.3) is 15.9 Å². The van der Waals surface area contributed by atoms with Crippen LogP contribution in [0, 0.1) is 0 Å². The van der Waals surface area contributed by atoms with Gasteiger partial charge in [-0.1, -0.05) is 42.5 Å². The standard InChI is InChI=1S/C22H18N2O6S2/c1-2-30-22(27)19-16(14-8-4-3-5-9-14)13-31-20(19)23-18(25)12-24-21(26)15-10-6-7-11-17(15)32(24,28)29/h3-11,13H,2,12H2,1H3,(H,23,25). The van der Waals surface area contributed by atoms with Crippen LogP contribution in [-0.4, -0.2) is 43.7 Å². The van der Waals surface area contributed by atoms with E-state index < -0.39 is 34.4 Å². The van der Waals surface area contributed by atoms with Crippen molar-refractivity contribution in [2.24, 2.45) is 0 Å². The third kappa shape index (κ3) is 3.78. The zero-order chi connectivity index (χ0) is 22.9. The fraction of sp³-hybridized carbons (Fsp3) is 0.136. The Morgan fingerprint density at radius 3 is 2.41 bits per heavy atom. The van der Waals surface area contributed by atoms with Crippen LogP contribution in [0.15, 0.2) is 64.9 Å². The molecule has 2 heterocycles. The summed E-state index contributed by atoms with van der Waals surface area (Å²) in [6.45, 7) is 1.11. The van der Waals surface area contributed by atoms with E-state index in [2.05, 4.69) is 5.32 Å². The lowest BCUT2D eigenvalue weighted by atomic mass is 10.0. The highest BCUT2D eigenvalue weighted by molar-refractivity contribution is 7.90. The summed E-state index contributed by atoms with van der Waals surface area (Å²) >= 11 is 1.11. The molecule has 164 valence electrons. The van der Waals surface area contributed by atoms with Gasteiger partial charge in [-0.05, 0) is 24.6 Å². The van der Waals surface area contributed by atoms with Gasteiger partial charge in [0.15, 0.2) is 0 Å². The first kappa shape index (κ1) is 21.7. The van der Waals surface area contributed by atoms with Gasteiger partial charge >= 0.3 is 5.97 Å². The zero-order valence-electron chi connectivity index (χ0n) is 16.9. The lowest BCUT2D eigenvalue weighted by Gasteiger charge is -2.15. The second-order valence-corrected chi connectivity index (χ2v) is 9.51. The Kier molecular flexibility index (Phi) is 5.81. The van der Waals surface area contributed by atoms with Gasteiger partial charge in [-0.3, -0.25) is 9.59 Å². The fourth-order valence-electron chi connectivity index (χ4n) is 3.37. The molecule has 1 aliphatic heterocycles. The van der Waals surface area contributed by atoms with Crippen LogP contribution in [-0.2, 0) is 19.6 Å². The molecule has 0 spiro atoms. The quantitative estimate of drug-likeness (QED) is 0.553. The van der Waals surface area contributed by atoms with Crippen LogP contribution in [0.1, 0.15) is 27.6 Å². The molecule has 1 N–H and O–H groups in total. The zero-order valence-corrected chi connectivity index (χ0v) is 18.5. The van der Waals surface area contributed by atoms with Crippen LogP contribution in [0.25, 0.3) is 11.1 Å². The number of hydrogen-bond acceptors (Lipinski definition) is 7. The Labute approximate surface area is 188 Å². The molecule has 3 aromatic rings. The molecule has 0 bridgehead atoms. The molecule has 1 aliphatic rings. The summed E-state index contributed by atoms with van der Waals surface area (Å²) in [5.41, 5.74) is 1.55. The van der Waals surface area contributed by atoms with Crippen LogP contribution >= 0.6 is 11.3 Å². The van der Waals surface area contributed by atoms with Crippen LogP contribution in [0.2, 0.25) is 0 Å². The largest absolute Gasteiger partial charge is 0.462 e. The highest BCUT2D eigenvalue weighted by atomic mass is 32.2. The predicted octanol–water partition coefficient (Wildman–Crippen LogP) is 3.38. The number of carbonyl (C=O) groups excluding carboxylic acids is 3. The normalized spacial score (nSPS) is 14.2. The van der Waals surface area contributed by atoms with Gasteiger partial charge in [-0.2, -0.15) is 0 Å². The van der Waals surface area contributed by atoms with E-state index in [0.717, 1.165) is 16.9 Å². The number of nitrogens with zero attached hydrogens (tertiary/aromatic N) is 1. The summed E-state index contributed by atoms with van der Waals surface area (Å²) in [5, 5.41) is 4.50. The average molecular weight is 471 g/mol. The summed E-state index contributed by atoms with van der Waals surface area (Å²) in [5.74, 6) is -2.13. The van der Waals surface area contributed by atoms with E-state index in [-0.39, 0.29) is 27.6 Å². The van der Waals surface area contributed by atoms with Gasteiger partial charge in [-0.15, -0.1) is 11.3 Å². The molecule has 0 atom stereocenters. The number of esters is 1. The van der Waals surface area contributed by atoms with E-state index in [1.54, 1.807) is 18.4 Å². The minimum Gasteiger partial charge on any atom is -0.462 e. The minimum atomic E-state index is -4.12. The SMILES string of the molecule is CCOC(=O)c1c(-c2ccccc2)csc1NC(=O)CN1C(=O)c2ccccc2S1(=O)=O. The molecule has 2 amide bonds. The number of amides is 2. The number of rotatable bonds is 6.